The number of anilines is 3. The van der Waals surface area contributed by atoms with E-state index in [1.807, 2.05) is 0 Å². The Morgan fingerprint density at radius 2 is 1.18 bits per heavy atom. The number of methoxy groups -OCH3 is 1. The van der Waals surface area contributed by atoms with Crippen molar-refractivity contribution < 1.29 is 113 Å². The predicted octanol–water partition coefficient (Wildman–Crippen LogP) is 2.90. The van der Waals surface area contributed by atoms with Crippen molar-refractivity contribution in [3.05, 3.63) is 38.0 Å². The van der Waals surface area contributed by atoms with Crippen molar-refractivity contribution in [3.63, 3.8) is 0 Å². The van der Waals surface area contributed by atoms with Gasteiger partial charge in [0.2, 0.25) is 0 Å². The molecule has 4 aliphatic rings. The zero-order chi connectivity index (χ0) is 65.6. The van der Waals surface area contributed by atoms with Gasteiger partial charge in [-0.25, -0.2) is 63.1 Å². The maximum absolute atomic E-state index is 14.5. The van der Waals surface area contributed by atoms with Crippen LogP contribution in [0.2, 0.25) is 0 Å². The molecule has 0 amide bonds. The molecule has 44 heteroatoms. The number of unbranched alkanes of at least 4 members (excludes halogenated alkanes) is 6. The Labute approximate surface area is 526 Å². The van der Waals surface area contributed by atoms with Gasteiger partial charge >= 0.3 is 36.2 Å². The second-order valence-electron chi connectivity index (χ2n) is 21.5. The Balaban J connectivity index is 0.857. The summed E-state index contributed by atoms with van der Waals surface area (Å²) in [5.74, 6) is -0.752. The molecule has 0 spiro atoms. The molecule has 4 aliphatic heterocycles. The summed E-state index contributed by atoms with van der Waals surface area (Å²) in [5, 5.41) is 21.2. The molecule has 0 saturated carbocycles. The van der Waals surface area contributed by atoms with E-state index in [-0.39, 0.29) is 89.2 Å². The van der Waals surface area contributed by atoms with Crippen molar-refractivity contribution in [2.75, 3.05) is 76.3 Å². The SMILES string of the molecule is CCCCCCCCCC(=O)OCCSP(=O)(O)O[C@H]1C2OCCC[C@]2(COP(=O)(O)O[C@H]2C(O)[C@@H](COP(=O)(O)O[C@H]3C(OC)[C@@H](COP(=O)(O)OCCO)O[C@H]3n3cnc4c(N)ncnc43)O[C@H]2n2cnc3c(N)ncnc32)O[C@H]1n1cnc2c(N)ncnc21. The normalized spacial score (nSPS) is 28.5. The minimum Gasteiger partial charge on any atom is -0.465 e. The van der Waals surface area contributed by atoms with Gasteiger partial charge in [-0.3, -0.25) is 50.2 Å². The number of aliphatic hydroxyl groups is 2. The van der Waals surface area contributed by atoms with E-state index in [0.717, 1.165) is 63.8 Å². The van der Waals surface area contributed by atoms with E-state index in [1.165, 1.54) is 33.5 Å². The number of phosphoric ester groups is 3. The average Bonchev–Trinajstić information content (AvgIpc) is 1.59. The number of nitrogens with zero attached hydrogens (tertiary/aromatic N) is 12. The first kappa shape index (κ1) is 69.9. The molecule has 0 aliphatic carbocycles. The van der Waals surface area contributed by atoms with Crippen LogP contribution in [0.1, 0.15) is 89.8 Å². The van der Waals surface area contributed by atoms with Gasteiger partial charge in [-0.2, -0.15) is 0 Å². The molecule has 7 unspecified atom stereocenters. The summed E-state index contributed by atoms with van der Waals surface area (Å²) >= 11 is 0.487. The number of hydrogen-bond donors (Lipinski definition) is 9. The van der Waals surface area contributed by atoms with E-state index < -0.39 is 142 Å². The Morgan fingerprint density at radius 1 is 0.652 bits per heavy atom. The van der Waals surface area contributed by atoms with E-state index in [0.29, 0.717) is 17.8 Å². The molecule has 508 valence electrons. The third-order valence-corrected chi connectivity index (χ3v) is 21.2. The van der Waals surface area contributed by atoms with Crippen LogP contribution in [0.15, 0.2) is 38.0 Å². The molecule has 6 aromatic heterocycles. The van der Waals surface area contributed by atoms with Crippen molar-refractivity contribution in [2.45, 2.75) is 144 Å². The number of fused-ring (bicyclic) bond motifs is 4. The lowest BCUT2D eigenvalue weighted by molar-refractivity contribution is -0.165. The van der Waals surface area contributed by atoms with Gasteiger partial charge in [0.15, 0.2) is 53.1 Å². The summed E-state index contributed by atoms with van der Waals surface area (Å²) in [4.78, 5) is 94.8. The molecule has 10 heterocycles. The van der Waals surface area contributed by atoms with Crippen LogP contribution in [-0.4, -0.2) is 208 Å². The van der Waals surface area contributed by atoms with Crippen molar-refractivity contribution in [3.8, 4) is 0 Å². The lowest BCUT2D eigenvalue weighted by Crippen LogP contribution is -2.51. The third-order valence-electron chi connectivity index (χ3n) is 15.3. The monoisotopic (exact) mass is 1400 g/mol. The standard InChI is InChI=1S/C48H71N15O24P4S/c1-3-4-5-6-7-8-9-11-29(65)76-16-17-92-91(73,74)87-37-38-48(12-10-14-77-38,84-47(37)63-26-60-32-41(51)54-23-57-44(32)63)20-81-90(71,72)85-35-33(66)27(82-45(35)61-24-58-30-39(49)52-21-55-42(30)61)18-80-89(69,70)86-36-34(75-2)28(19-79-88(67,68)78-15-13-64)83-46(36)62-25-59-31-40(50)53-22-56-43(31)62/h21-28,33-38,45-47,64,66H,3-20H2,1-2H3,(H,67,68)(H,69,70)(H,71,72)(H,73,74)(H2,49,52,55)(H2,50,53,56)(H2,51,54,57)/t27-,28-,33?,34?,35+,36+,37+,38?,45-,46-,47-,48-/m1/s1. The van der Waals surface area contributed by atoms with E-state index >= 15 is 0 Å². The molecule has 10 rings (SSSR count). The first-order chi connectivity index (χ1) is 44.0. The van der Waals surface area contributed by atoms with Crippen molar-refractivity contribution in [1.29, 1.82) is 0 Å². The van der Waals surface area contributed by atoms with Crippen LogP contribution in [0, 0.1) is 0 Å². The number of rotatable bonds is 34. The number of ether oxygens (including phenoxy) is 6. The molecular formula is C48H71N15O24P4S. The van der Waals surface area contributed by atoms with Crippen LogP contribution in [0.5, 0.6) is 0 Å². The fraction of sp³-hybridized carbons (Fsp3) is 0.667. The molecule has 92 heavy (non-hydrogen) atoms. The summed E-state index contributed by atoms with van der Waals surface area (Å²) in [6, 6.07) is 0. The van der Waals surface area contributed by atoms with Gasteiger partial charge < -0.3 is 75.4 Å². The molecule has 6 aromatic rings. The van der Waals surface area contributed by atoms with Gasteiger partial charge in [-0.15, -0.1) is 0 Å². The number of esters is 1. The zero-order valence-electron chi connectivity index (χ0n) is 49.4. The molecule has 0 bridgehead atoms. The average molecular weight is 1400 g/mol. The van der Waals surface area contributed by atoms with E-state index in [2.05, 4.69) is 51.8 Å². The van der Waals surface area contributed by atoms with Gasteiger partial charge in [-0.05, 0) is 30.6 Å². The Bertz CT molecular complexity index is 3710. The van der Waals surface area contributed by atoms with Gasteiger partial charge in [0.05, 0.1) is 52.0 Å². The van der Waals surface area contributed by atoms with Crippen molar-refractivity contribution in [2.24, 2.45) is 0 Å². The van der Waals surface area contributed by atoms with Gasteiger partial charge in [0, 0.05) is 25.9 Å². The number of hydrogen-bond acceptors (Lipinski definition) is 33. The lowest BCUT2D eigenvalue weighted by atomic mass is 9.89. The Morgan fingerprint density at radius 3 is 1.78 bits per heavy atom. The number of phosphoric acid groups is 3. The highest BCUT2D eigenvalue weighted by atomic mass is 32.7. The molecule has 16 atom stereocenters. The lowest BCUT2D eigenvalue weighted by Gasteiger charge is -2.38. The van der Waals surface area contributed by atoms with Crippen molar-refractivity contribution >= 4 is 98.6 Å². The highest BCUT2D eigenvalue weighted by molar-refractivity contribution is 8.54. The molecule has 0 aromatic carbocycles. The van der Waals surface area contributed by atoms with E-state index in [1.54, 1.807) is 0 Å². The Hall–Kier alpha value is -4.93. The summed E-state index contributed by atoms with van der Waals surface area (Å²) < 4.78 is 134. The molecule has 4 fully saturated rings. The second-order valence-corrected chi connectivity index (χ2v) is 29.7. The summed E-state index contributed by atoms with van der Waals surface area (Å²) in [5.41, 5.74) is 16.8. The number of carbonyl (C=O) groups is 1. The molecular weight excluding hydrogens is 1330 g/mol. The number of imidazole rings is 3. The topological polar surface area (TPSA) is 536 Å². The van der Waals surface area contributed by atoms with E-state index in [4.69, 9.17) is 82.4 Å². The largest absolute Gasteiger partial charge is 0.472 e. The number of aliphatic hydroxyl groups excluding tert-OH is 2. The quantitative estimate of drug-likeness (QED) is 0.0159. The zero-order valence-corrected chi connectivity index (χ0v) is 53.8. The summed E-state index contributed by atoms with van der Waals surface area (Å²) in [6.07, 6.45) is -3.22. The fourth-order valence-electron chi connectivity index (χ4n) is 11.1. The minimum atomic E-state index is -5.52. The number of nitrogens with two attached hydrogens (primary N) is 3. The Kier molecular flexibility index (Phi) is 22.8. The van der Waals surface area contributed by atoms with Gasteiger partial charge in [0.1, 0.15) is 96.6 Å². The number of carbonyl (C=O) groups excluding carboxylic acids is 1. The van der Waals surface area contributed by atoms with Crippen LogP contribution >= 0.6 is 41.6 Å². The highest BCUT2D eigenvalue weighted by Crippen LogP contribution is 2.61. The van der Waals surface area contributed by atoms with Crippen LogP contribution in [0.25, 0.3) is 33.5 Å². The van der Waals surface area contributed by atoms with Crippen LogP contribution in [0.4, 0.5) is 17.5 Å². The summed E-state index contributed by atoms with van der Waals surface area (Å²) in [6.45, 7) is -6.54. The summed E-state index contributed by atoms with van der Waals surface area (Å²) in [7, 11) is -14.6. The highest BCUT2D eigenvalue weighted by Gasteiger charge is 2.62. The maximum Gasteiger partial charge on any atom is 0.472 e. The minimum absolute atomic E-state index is 0.0121. The smallest absolute Gasteiger partial charge is 0.465 e. The molecule has 0 radical (unpaired) electrons. The van der Waals surface area contributed by atoms with Crippen LogP contribution < -0.4 is 17.2 Å². The molecule has 12 N–H and O–H groups in total. The number of nitrogen functional groups attached to an aromatic ring is 3. The molecule has 39 nitrogen and oxygen atoms in total. The van der Waals surface area contributed by atoms with Crippen LogP contribution in [-0.2, 0) is 83.1 Å². The second kappa shape index (κ2) is 30.0. The van der Waals surface area contributed by atoms with Crippen molar-refractivity contribution in [1.82, 2.24) is 58.6 Å². The van der Waals surface area contributed by atoms with Gasteiger partial charge in [0.25, 0.3) is 0 Å². The molecule has 4 saturated heterocycles. The fourth-order valence-corrected chi connectivity index (χ4v) is 16.1. The third kappa shape index (κ3) is 16.1. The first-order valence-corrected chi connectivity index (χ1v) is 36.6. The predicted molar refractivity (Wildman–Crippen MR) is 316 cm³/mol. The first-order valence-electron chi connectivity index (χ1n) is 28.9. The van der Waals surface area contributed by atoms with E-state index in [9.17, 15) is 47.7 Å². The van der Waals surface area contributed by atoms with Crippen LogP contribution in [0.3, 0.4) is 0 Å². The van der Waals surface area contributed by atoms with Gasteiger partial charge in [-0.1, -0.05) is 45.4 Å². The number of aromatic nitrogens is 12. The maximum atomic E-state index is 14.5.